The number of rotatable bonds is 3. The second-order valence-corrected chi connectivity index (χ2v) is 5.63. The Kier molecular flexibility index (Phi) is 4.72. The van der Waals surface area contributed by atoms with Crippen molar-refractivity contribution in [1.82, 2.24) is 14.8 Å². The van der Waals surface area contributed by atoms with Crippen LogP contribution in [-0.2, 0) is 6.54 Å². The Labute approximate surface area is 111 Å². The molecule has 1 saturated heterocycles. The van der Waals surface area contributed by atoms with E-state index in [-0.39, 0.29) is 0 Å². The molecule has 100 valence electrons. The quantitative estimate of drug-likeness (QED) is 0.817. The maximum absolute atomic E-state index is 4.17. The number of aryl methyl sites for hydroxylation is 1. The first kappa shape index (κ1) is 13.5. The minimum absolute atomic E-state index is 0.758. The van der Waals surface area contributed by atoms with E-state index in [2.05, 4.69) is 41.9 Å². The van der Waals surface area contributed by atoms with Crippen LogP contribution < -0.4 is 0 Å². The minimum atomic E-state index is 0.758. The van der Waals surface area contributed by atoms with Crippen LogP contribution in [0.5, 0.6) is 0 Å². The molecule has 2 heterocycles. The molecular formula is C15H25N3. The highest BCUT2D eigenvalue weighted by Gasteiger charge is 2.18. The van der Waals surface area contributed by atoms with Crippen molar-refractivity contribution in [3.63, 3.8) is 0 Å². The van der Waals surface area contributed by atoms with Crippen LogP contribution in [0.4, 0.5) is 0 Å². The zero-order chi connectivity index (χ0) is 13.0. The highest BCUT2D eigenvalue weighted by Crippen LogP contribution is 2.17. The van der Waals surface area contributed by atoms with Gasteiger partial charge >= 0.3 is 0 Å². The van der Waals surface area contributed by atoms with Crippen molar-refractivity contribution in [2.45, 2.75) is 38.8 Å². The van der Waals surface area contributed by atoms with Crippen LogP contribution in [0.15, 0.2) is 18.5 Å². The summed E-state index contributed by atoms with van der Waals surface area (Å²) in [5.74, 6) is 0. The second kappa shape index (κ2) is 6.30. The Hall–Kier alpha value is -0.930. The molecule has 3 heteroatoms. The van der Waals surface area contributed by atoms with Crippen molar-refractivity contribution in [1.29, 1.82) is 0 Å². The molecule has 0 saturated carbocycles. The molecule has 0 amide bonds. The monoisotopic (exact) mass is 247 g/mol. The predicted octanol–water partition coefficient (Wildman–Crippen LogP) is 2.31. The Morgan fingerprint density at radius 3 is 2.89 bits per heavy atom. The molecule has 0 aliphatic carbocycles. The molecule has 1 aromatic heterocycles. The van der Waals surface area contributed by atoms with Gasteiger partial charge in [-0.1, -0.05) is 0 Å². The van der Waals surface area contributed by atoms with Gasteiger partial charge in [-0.3, -0.25) is 9.88 Å². The van der Waals surface area contributed by atoms with Crippen LogP contribution in [0.3, 0.4) is 0 Å². The van der Waals surface area contributed by atoms with Gasteiger partial charge in [-0.15, -0.1) is 0 Å². The van der Waals surface area contributed by atoms with Gasteiger partial charge in [0, 0.05) is 25.0 Å². The van der Waals surface area contributed by atoms with E-state index in [0.717, 1.165) is 12.6 Å². The minimum Gasteiger partial charge on any atom is -0.306 e. The van der Waals surface area contributed by atoms with Gasteiger partial charge in [0.05, 0.1) is 0 Å². The van der Waals surface area contributed by atoms with Gasteiger partial charge in [-0.05, 0) is 70.6 Å². The summed E-state index contributed by atoms with van der Waals surface area (Å²) in [6.45, 7) is 5.67. The van der Waals surface area contributed by atoms with Gasteiger partial charge in [0.15, 0.2) is 0 Å². The van der Waals surface area contributed by atoms with Gasteiger partial charge < -0.3 is 4.90 Å². The fourth-order valence-corrected chi connectivity index (χ4v) is 2.73. The van der Waals surface area contributed by atoms with E-state index in [0.29, 0.717) is 0 Å². The zero-order valence-electron chi connectivity index (χ0n) is 11.9. The molecule has 0 unspecified atom stereocenters. The number of nitrogens with zero attached hydrogens (tertiary/aromatic N) is 3. The summed E-state index contributed by atoms with van der Waals surface area (Å²) in [6.07, 6.45) is 7.81. The Morgan fingerprint density at radius 1 is 1.33 bits per heavy atom. The molecule has 0 aromatic carbocycles. The van der Waals surface area contributed by atoms with Crippen LogP contribution in [0, 0.1) is 6.92 Å². The molecule has 18 heavy (non-hydrogen) atoms. The molecule has 0 radical (unpaired) electrons. The number of pyridine rings is 1. The fraction of sp³-hybridized carbons (Fsp3) is 0.667. The Bertz CT molecular complexity index is 376. The zero-order valence-corrected chi connectivity index (χ0v) is 11.9. The van der Waals surface area contributed by atoms with E-state index in [4.69, 9.17) is 0 Å². The van der Waals surface area contributed by atoms with E-state index >= 15 is 0 Å². The number of hydrogen-bond donors (Lipinski definition) is 0. The standard InChI is InChI=1S/C15H25N3/c1-13-11-16-8-6-14(13)12-18-9-4-5-15(7-10-18)17(2)3/h6,8,11,15H,4-5,7,9-10,12H2,1-3H3/t15-/m0/s1. The maximum atomic E-state index is 4.17. The number of aromatic nitrogens is 1. The first-order valence-corrected chi connectivity index (χ1v) is 6.95. The molecule has 2 rings (SSSR count). The summed E-state index contributed by atoms with van der Waals surface area (Å²) < 4.78 is 0. The van der Waals surface area contributed by atoms with Gasteiger partial charge in [0.2, 0.25) is 0 Å². The SMILES string of the molecule is Cc1cnccc1CN1CCC[C@H](N(C)C)CC1. The van der Waals surface area contributed by atoms with Crippen molar-refractivity contribution in [3.8, 4) is 0 Å². The van der Waals surface area contributed by atoms with Gasteiger partial charge in [0.1, 0.15) is 0 Å². The lowest BCUT2D eigenvalue weighted by Gasteiger charge is -2.23. The van der Waals surface area contributed by atoms with Gasteiger partial charge in [-0.25, -0.2) is 0 Å². The molecule has 3 nitrogen and oxygen atoms in total. The largest absolute Gasteiger partial charge is 0.306 e. The first-order valence-electron chi connectivity index (χ1n) is 6.95. The first-order chi connectivity index (χ1) is 8.66. The Balaban J connectivity index is 1.93. The van der Waals surface area contributed by atoms with Gasteiger partial charge in [-0.2, -0.15) is 0 Å². The normalized spacial score (nSPS) is 22.1. The van der Waals surface area contributed by atoms with Crippen molar-refractivity contribution in [2.75, 3.05) is 27.2 Å². The maximum Gasteiger partial charge on any atom is 0.0300 e. The van der Waals surface area contributed by atoms with E-state index < -0.39 is 0 Å². The van der Waals surface area contributed by atoms with E-state index in [1.54, 1.807) is 0 Å². The lowest BCUT2D eigenvalue weighted by atomic mass is 10.1. The number of hydrogen-bond acceptors (Lipinski definition) is 3. The van der Waals surface area contributed by atoms with Crippen molar-refractivity contribution >= 4 is 0 Å². The third-order valence-electron chi connectivity index (χ3n) is 4.05. The van der Waals surface area contributed by atoms with Gasteiger partial charge in [0.25, 0.3) is 0 Å². The van der Waals surface area contributed by atoms with E-state index in [9.17, 15) is 0 Å². The lowest BCUT2D eigenvalue weighted by Crippen LogP contribution is -2.30. The summed E-state index contributed by atoms with van der Waals surface area (Å²) in [7, 11) is 4.40. The smallest absolute Gasteiger partial charge is 0.0300 e. The summed E-state index contributed by atoms with van der Waals surface area (Å²) in [6, 6.07) is 2.91. The molecule has 0 spiro atoms. The summed E-state index contributed by atoms with van der Waals surface area (Å²) >= 11 is 0. The van der Waals surface area contributed by atoms with Crippen LogP contribution in [0.25, 0.3) is 0 Å². The predicted molar refractivity (Wildman–Crippen MR) is 75.6 cm³/mol. The third kappa shape index (κ3) is 3.53. The van der Waals surface area contributed by atoms with Crippen molar-refractivity contribution in [2.24, 2.45) is 0 Å². The third-order valence-corrected chi connectivity index (χ3v) is 4.05. The molecule has 0 bridgehead atoms. The molecule has 0 N–H and O–H groups in total. The fourth-order valence-electron chi connectivity index (χ4n) is 2.73. The van der Waals surface area contributed by atoms with Crippen LogP contribution >= 0.6 is 0 Å². The second-order valence-electron chi connectivity index (χ2n) is 5.63. The molecular weight excluding hydrogens is 222 g/mol. The molecule has 1 aliphatic rings. The molecule has 1 fully saturated rings. The van der Waals surface area contributed by atoms with Crippen LogP contribution in [0.1, 0.15) is 30.4 Å². The highest BCUT2D eigenvalue weighted by molar-refractivity contribution is 5.21. The average Bonchev–Trinajstić information content (AvgIpc) is 2.58. The molecule has 1 aromatic rings. The average molecular weight is 247 g/mol. The van der Waals surface area contributed by atoms with Crippen molar-refractivity contribution < 1.29 is 0 Å². The molecule has 1 atom stereocenters. The number of likely N-dealkylation sites (tertiary alicyclic amines) is 1. The highest BCUT2D eigenvalue weighted by atomic mass is 15.2. The topological polar surface area (TPSA) is 19.4 Å². The Morgan fingerprint density at radius 2 is 2.17 bits per heavy atom. The lowest BCUT2D eigenvalue weighted by molar-refractivity contribution is 0.245. The molecule has 1 aliphatic heterocycles. The van der Waals surface area contributed by atoms with E-state index in [1.807, 2.05) is 12.4 Å². The van der Waals surface area contributed by atoms with Crippen LogP contribution in [0.2, 0.25) is 0 Å². The van der Waals surface area contributed by atoms with Crippen molar-refractivity contribution in [3.05, 3.63) is 29.6 Å². The summed E-state index contributed by atoms with van der Waals surface area (Å²) in [5.41, 5.74) is 2.74. The summed E-state index contributed by atoms with van der Waals surface area (Å²) in [5, 5.41) is 0. The van der Waals surface area contributed by atoms with E-state index in [1.165, 1.54) is 43.5 Å². The van der Waals surface area contributed by atoms with Crippen LogP contribution in [-0.4, -0.2) is 48.0 Å². The summed E-state index contributed by atoms with van der Waals surface area (Å²) in [4.78, 5) is 9.13.